The van der Waals surface area contributed by atoms with Crippen LogP contribution >= 0.6 is 11.8 Å². The molecular formula is C22H28O3S. The molecule has 3 nitrogen and oxygen atoms in total. The fourth-order valence-corrected chi connectivity index (χ4v) is 14.6. The lowest BCUT2D eigenvalue weighted by atomic mass is 9.46. The van der Waals surface area contributed by atoms with Gasteiger partial charge >= 0.3 is 5.97 Å². The van der Waals surface area contributed by atoms with E-state index in [9.17, 15) is 9.90 Å². The highest BCUT2D eigenvalue weighted by molar-refractivity contribution is 8.00. The number of esters is 1. The Morgan fingerprint density at radius 2 is 1.65 bits per heavy atom. The molecule has 0 aromatic rings. The van der Waals surface area contributed by atoms with E-state index in [0.717, 1.165) is 24.2 Å². The predicted molar refractivity (Wildman–Crippen MR) is 97.1 cm³/mol. The second-order valence-corrected chi connectivity index (χ2v) is 12.1. The van der Waals surface area contributed by atoms with Gasteiger partial charge in [-0.15, -0.1) is 0 Å². The molecule has 0 heterocycles. The van der Waals surface area contributed by atoms with Gasteiger partial charge in [0, 0.05) is 0 Å². The zero-order chi connectivity index (χ0) is 17.4. The van der Waals surface area contributed by atoms with E-state index in [4.69, 9.17) is 4.74 Å². The molecule has 0 saturated heterocycles. The van der Waals surface area contributed by atoms with Gasteiger partial charge in [0.05, 0.1) is 17.5 Å². The Kier molecular flexibility index (Phi) is 2.15. The molecule has 9 bridgehead atoms. The van der Waals surface area contributed by atoms with E-state index in [1.165, 1.54) is 25.7 Å². The Labute approximate surface area is 159 Å². The standard InChI is InChI=1S/C22H28O3S/c1-25-19(23)20-15-8-4-3-5-9(8)17-13(15)14-16(20)10-6-7-11-12(10)18(14)21(17,26-2)22(11,20)24/h8-18,24H,3-7H2,1-2H3/t8?,9?,10?,11?,12?,13?,14?,15?,16?,17?,18?,20?,21?,22-/m1/s1. The summed E-state index contributed by atoms with van der Waals surface area (Å²) in [5.74, 6) is 6.94. The number of rotatable bonds is 2. The molecule has 0 aromatic carbocycles. The lowest BCUT2D eigenvalue weighted by Gasteiger charge is -2.63. The van der Waals surface area contributed by atoms with Crippen LogP contribution in [-0.2, 0) is 9.53 Å². The summed E-state index contributed by atoms with van der Waals surface area (Å²) in [6.07, 6.45) is 8.67. The van der Waals surface area contributed by atoms with Gasteiger partial charge in [-0.3, -0.25) is 4.79 Å². The highest BCUT2D eigenvalue weighted by Gasteiger charge is 3.02. The van der Waals surface area contributed by atoms with Crippen LogP contribution in [0.1, 0.15) is 32.1 Å². The Balaban J connectivity index is 1.53. The van der Waals surface area contributed by atoms with E-state index in [-0.39, 0.29) is 10.7 Å². The van der Waals surface area contributed by atoms with Gasteiger partial charge in [-0.2, -0.15) is 11.8 Å². The van der Waals surface area contributed by atoms with Crippen LogP contribution in [0.25, 0.3) is 0 Å². The van der Waals surface area contributed by atoms with Gasteiger partial charge in [-0.1, -0.05) is 6.42 Å². The van der Waals surface area contributed by atoms with Crippen molar-refractivity contribution in [2.75, 3.05) is 13.4 Å². The maximum Gasteiger partial charge on any atom is 0.315 e. The van der Waals surface area contributed by atoms with Gasteiger partial charge < -0.3 is 9.84 Å². The Bertz CT molecular complexity index is 783. The zero-order valence-electron chi connectivity index (χ0n) is 15.6. The molecule has 9 saturated carbocycles. The molecule has 9 aliphatic carbocycles. The molecule has 0 radical (unpaired) electrons. The minimum absolute atomic E-state index is 0.0115. The van der Waals surface area contributed by atoms with Gasteiger partial charge in [0.1, 0.15) is 5.41 Å². The maximum atomic E-state index is 13.7. The van der Waals surface area contributed by atoms with Crippen molar-refractivity contribution in [1.82, 2.24) is 0 Å². The highest BCUT2D eigenvalue weighted by atomic mass is 32.2. The first kappa shape index (κ1) is 14.7. The van der Waals surface area contributed by atoms with Crippen LogP contribution in [0.4, 0.5) is 0 Å². The molecule has 0 aromatic heterocycles. The van der Waals surface area contributed by atoms with Crippen LogP contribution in [0, 0.1) is 70.5 Å². The van der Waals surface area contributed by atoms with Crippen molar-refractivity contribution in [3.63, 3.8) is 0 Å². The topological polar surface area (TPSA) is 46.5 Å². The minimum Gasteiger partial charge on any atom is -0.468 e. The predicted octanol–water partition coefficient (Wildman–Crippen LogP) is 2.82. The number of hydrogen-bond acceptors (Lipinski definition) is 4. The molecule has 9 aliphatic rings. The van der Waals surface area contributed by atoms with Gasteiger partial charge in [-0.25, -0.2) is 0 Å². The molecule has 14 atom stereocenters. The van der Waals surface area contributed by atoms with Crippen LogP contribution in [0.3, 0.4) is 0 Å². The Morgan fingerprint density at radius 1 is 0.962 bits per heavy atom. The highest BCUT2D eigenvalue weighted by Crippen LogP contribution is 2.98. The molecule has 13 unspecified atom stereocenters. The van der Waals surface area contributed by atoms with Gasteiger partial charge in [0.15, 0.2) is 0 Å². The summed E-state index contributed by atoms with van der Waals surface area (Å²) in [7, 11) is 1.59. The van der Waals surface area contributed by atoms with E-state index < -0.39 is 11.0 Å². The van der Waals surface area contributed by atoms with Crippen molar-refractivity contribution in [3.8, 4) is 0 Å². The molecule has 26 heavy (non-hydrogen) atoms. The molecule has 9 fully saturated rings. The number of fused-ring (bicyclic) bond motifs is 1. The molecule has 140 valence electrons. The summed E-state index contributed by atoms with van der Waals surface area (Å²) in [6, 6.07) is 0. The Hall–Kier alpha value is -0.220. The van der Waals surface area contributed by atoms with Crippen molar-refractivity contribution in [2.24, 2.45) is 70.5 Å². The van der Waals surface area contributed by atoms with Gasteiger partial charge in [0.25, 0.3) is 0 Å². The van der Waals surface area contributed by atoms with E-state index in [1.807, 2.05) is 11.8 Å². The maximum absolute atomic E-state index is 13.7. The first-order chi connectivity index (χ1) is 12.6. The third-order valence-electron chi connectivity index (χ3n) is 12.0. The average molecular weight is 373 g/mol. The third-order valence-corrected chi connectivity index (χ3v) is 13.5. The number of methoxy groups -OCH3 is 1. The summed E-state index contributed by atoms with van der Waals surface area (Å²) in [4.78, 5) is 13.7. The van der Waals surface area contributed by atoms with E-state index in [2.05, 4.69) is 6.26 Å². The van der Waals surface area contributed by atoms with Gasteiger partial charge in [-0.05, 0) is 97.0 Å². The molecule has 0 spiro atoms. The fourth-order valence-electron chi connectivity index (χ4n) is 12.8. The number of carbonyl (C=O) groups excluding carboxylic acids is 1. The molecular weight excluding hydrogens is 344 g/mol. The SMILES string of the molecule is COC(=O)C12C3C4CCCC4C4C3C3C5C6C(CCC6[C@]1(O)C45SC)C32. The lowest BCUT2D eigenvalue weighted by Crippen LogP contribution is -2.75. The summed E-state index contributed by atoms with van der Waals surface area (Å²) < 4.78 is 5.55. The fraction of sp³-hybridized carbons (Fsp3) is 0.955. The largest absolute Gasteiger partial charge is 0.468 e. The number of ether oxygens (including phenoxy) is 1. The number of thioether (sulfide) groups is 1. The first-order valence-corrected chi connectivity index (χ1v) is 12.2. The smallest absolute Gasteiger partial charge is 0.315 e. The second-order valence-electron chi connectivity index (χ2n) is 11.1. The molecule has 4 heteroatoms. The summed E-state index contributed by atoms with van der Waals surface area (Å²) in [5.41, 5.74) is -1.35. The monoisotopic (exact) mass is 372 g/mol. The van der Waals surface area contributed by atoms with Crippen molar-refractivity contribution in [2.45, 2.75) is 42.5 Å². The van der Waals surface area contributed by atoms with Gasteiger partial charge in [0.2, 0.25) is 0 Å². The number of aliphatic hydroxyl groups is 1. The van der Waals surface area contributed by atoms with E-state index in [1.54, 1.807) is 7.11 Å². The van der Waals surface area contributed by atoms with Crippen LogP contribution in [0.15, 0.2) is 0 Å². The molecule has 9 rings (SSSR count). The number of hydrogen-bond donors (Lipinski definition) is 1. The van der Waals surface area contributed by atoms with E-state index in [0.29, 0.717) is 47.3 Å². The first-order valence-electron chi connectivity index (χ1n) is 11.0. The molecule has 0 aliphatic heterocycles. The lowest BCUT2D eigenvalue weighted by molar-refractivity contribution is -0.230. The normalized spacial score (nSPS) is 74.3. The van der Waals surface area contributed by atoms with Crippen LogP contribution < -0.4 is 0 Å². The van der Waals surface area contributed by atoms with E-state index >= 15 is 0 Å². The minimum atomic E-state index is -0.789. The molecule has 0 amide bonds. The van der Waals surface area contributed by atoms with Crippen molar-refractivity contribution >= 4 is 17.7 Å². The van der Waals surface area contributed by atoms with Crippen LogP contribution in [0.2, 0.25) is 0 Å². The van der Waals surface area contributed by atoms with Crippen molar-refractivity contribution in [3.05, 3.63) is 0 Å². The summed E-state index contributed by atoms with van der Waals surface area (Å²) >= 11 is 1.99. The number of carbonyl (C=O) groups is 1. The van der Waals surface area contributed by atoms with Crippen LogP contribution in [0.5, 0.6) is 0 Å². The van der Waals surface area contributed by atoms with Crippen LogP contribution in [-0.4, -0.2) is 34.8 Å². The third kappa shape index (κ3) is 0.890. The average Bonchev–Trinajstić information content (AvgIpc) is 3.40. The quantitative estimate of drug-likeness (QED) is 0.757. The van der Waals surface area contributed by atoms with Crippen molar-refractivity contribution < 1.29 is 14.6 Å². The summed E-state index contributed by atoms with van der Waals surface area (Å²) in [5, 5.41) is 12.8. The Morgan fingerprint density at radius 3 is 2.38 bits per heavy atom. The second kappa shape index (κ2) is 3.79. The molecule has 1 N–H and O–H groups in total. The zero-order valence-corrected chi connectivity index (χ0v) is 16.4. The summed E-state index contributed by atoms with van der Waals surface area (Å²) in [6.45, 7) is 0. The van der Waals surface area contributed by atoms with Crippen molar-refractivity contribution in [1.29, 1.82) is 0 Å².